The topological polar surface area (TPSA) is 121 Å². The van der Waals surface area contributed by atoms with Crippen LogP contribution in [-0.4, -0.2) is 58.0 Å². The molecule has 2 heterocycles. The fraction of sp³-hybridized carbons (Fsp3) is 0.500. The second-order valence-corrected chi connectivity index (χ2v) is 15.1. The second-order valence-electron chi connectivity index (χ2n) is 15.1. The van der Waals surface area contributed by atoms with Gasteiger partial charge in [-0.15, -0.1) is 0 Å². The molecule has 3 N–H and O–H groups in total. The molecule has 1 aliphatic carbocycles. The SMILES string of the molecule is Cc1cc(-c2c(C)cc(F)cc2C)cc([C@H](CC(=O)O)NC(=O)[C@H](CC(C)C)NC(=O)c2cccn(CCCN3CCC4(CCC4)C3)c2=O)c1F. The van der Waals surface area contributed by atoms with Crippen LogP contribution in [0.15, 0.2) is 47.4 Å². The van der Waals surface area contributed by atoms with Gasteiger partial charge in [0.25, 0.3) is 11.5 Å². The molecule has 2 atom stereocenters. The highest BCUT2D eigenvalue weighted by molar-refractivity contribution is 5.97. The molecule has 9 nitrogen and oxygen atoms in total. The third-order valence-corrected chi connectivity index (χ3v) is 10.5. The molecule has 2 amide bonds. The van der Waals surface area contributed by atoms with Crippen LogP contribution in [0.5, 0.6) is 0 Å². The zero-order valence-electron chi connectivity index (χ0n) is 30.3. The van der Waals surface area contributed by atoms with E-state index in [1.54, 1.807) is 39.1 Å². The van der Waals surface area contributed by atoms with Crippen molar-refractivity contribution >= 4 is 17.8 Å². The number of aromatic nitrogens is 1. The molecule has 2 aliphatic rings. The number of nitrogens with one attached hydrogen (secondary N) is 2. The van der Waals surface area contributed by atoms with Crippen LogP contribution in [0.3, 0.4) is 0 Å². The van der Waals surface area contributed by atoms with Crippen LogP contribution in [0.2, 0.25) is 0 Å². The first-order valence-electron chi connectivity index (χ1n) is 18.0. The molecule has 2 fully saturated rings. The van der Waals surface area contributed by atoms with E-state index in [2.05, 4.69) is 15.5 Å². The minimum Gasteiger partial charge on any atom is -0.481 e. The number of pyridine rings is 1. The summed E-state index contributed by atoms with van der Waals surface area (Å²) in [5, 5.41) is 15.2. The summed E-state index contributed by atoms with van der Waals surface area (Å²) in [7, 11) is 0. The number of hydrogen-bond donors (Lipinski definition) is 3. The summed E-state index contributed by atoms with van der Waals surface area (Å²) in [4.78, 5) is 55.2. The lowest BCUT2D eigenvalue weighted by molar-refractivity contribution is -0.137. The molecule has 0 bridgehead atoms. The lowest BCUT2D eigenvalue weighted by Gasteiger charge is -2.38. The summed E-state index contributed by atoms with van der Waals surface area (Å²) in [6.07, 6.45) is 7.13. The molecular weight excluding hydrogens is 654 g/mol. The van der Waals surface area contributed by atoms with Crippen LogP contribution in [-0.2, 0) is 16.1 Å². The molecular formula is C40H50F2N4O5. The summed E-state index contributed by atoms with van der Waals surface area (Å²) < 4.78 is 31.4. The molecule has 1 saturated carbocycles. The first-order valence-corrected chi connectivity index (χ1v) is 18.0. The van der Waals surface area contributed by atoms with Crippen molar-refractivity contribution in [3.8, 4) is 11.1 Å². The third kappa shape index (κ3) is 8.92. The number of likely N-dealkylation sites (tertiary alicyclic amines) is 1. The quantitative estimate of drug-likeness (QED) is 0.177. The minimum atomic E-state index is -1.29. The second kappa shape index (κ2) is 15.9. The molecule has 274 valence electrons. The van der Waals surface area contributed by atoms with Crippen molar-refractivity contribution in [2.24, 2.45) is 11.3 Å². The Hall–Kier alpha value is -4.38. The van der Waals surface area contributed by atoms with Crippen molar-refractivity contribution < 1.29 is 28.3 Å². The number of rotatable bonds is 14. The molecule has 3 aromatic rings. The molecule has 1 aliphatic heterocycles. The minimum absolute atomic E-state index is 0.0405. The third-order valence-electron chi connectivity index (χ3n) is 10.5. The van der Waals surface area contributed by atoms with Gasteiger partial charge in [-0.3, -0.25) is 19.2 Å². The van der Waals surface area contributed by atoms with Gasteiger partial charge in [0.15, 0.2) is 0 Å². The fourth-order valence-electron chi connectivity index (χ4n) is 7.84. The van der Waals surface area contributed by atoms with E-state index in [1.807, 2.05) is 13.8 Å². The van der Waals surface area contributed by atoms with Gasteiger partial charge < -0.3 is 25.2 Å². The number of aryl methyl sites for hydroxylation is 4. The molecule has 0 unspecified atom stereocenters. The zero-order chi connectivity index (χ0) is 37.0. The van der Waals surface area contributed by atoms with E-state index in [1.165, 1.54) is 54.5 Å². The van der Waals surface area contributed by atoms with Gasteiger partial charge in [-0.25, -0.2) is 8.78 Å². The number of hydrogen-bond acceptors (Lipinski definition) is 5. The summed E-state index contributed by atoms with van der Waals surface area (Å²) in [5.74, 6) is -3.84. The van der Waals surface area contributed by atoms with Crippen LogP contribution < -0.4 is 16.2 Å². The normalized spacial score (nSPS) is 16.5. The van der Waals surface area contributed by atoms with E-state index < -0.39 is 53.5 Å². The van der Waals surface area contributed by atoms with Crippen molar-refractivity contribution in [1.29, 1.82) is 0 Å². The Morgan fingerprint density at radius 3 is 2.27 bits per heavy atom. The number of amides is 2. The van der Waals surface area contributed by atoms with Crippen LogP contribution in [0.1, 0.15) is 97.4 Å². The predicted molar refractivity (Wildman–Crippen MR) is 193 cm³/mol. The Labute approximate surface area is 298 Å². The Kier molecular flexibility index (Phi) is 11.8. The summed E-state index contributed by atoms with van der Waals surface area (Å²) >= 11 is 0. The number of halogens is 2. The molecule has 5 rings (SSSR count). The van der Waals surface area contributed by atoms with Crippen molar-refractivity contribution in [3.05, 3.63) is 92.4 Å². The van der Waals surface area contributed by atoms with Gasteiger partial charge in [-0.2, -0.15) is 0 Å². The van der Waals surface area contributed by atoms with Crippen LogP contribution >= 0.6 is 0 Å². The van der Waals surface area contributed by atoms with E-state index in [0.717, 1.165) is 26.1 Å². The summed E-state index contributed by atoms with van der Waals surface area (Å²) in [6.45, 7) is 12.3. The Bertz CT molecular complexity index is 1830. The van der Waals surface area contributed by atoms with E-state index in [4.69, 9.17) is 0 Å². The lowest BCUT2D eigenvalue weighted by Crippen LogP contribution is -2.49. The number of carboxylic acid groups (broad SMARTS) is 1. The predicted octanol–water partition coefficient (Wildman–Crippen LogP) is 6.46. The van der Waals surface area contributed by atoms with Gasteiger partial charge in [0, 0.05) is 24.8 Å². The van der Waals surface area contributed by atoms with Gasteiger partial charge >= 0.3 is 5.97 Å². The maximum absolute atomic E-state index is 15.8. The highest BCUT2D eigenvalue weighted by atomic mass is 19.1. The first kappa shape index (κ1) is 37.9. The number of benzene rings is 2. The number of carbonyl (C=O) groups is 3. The molecule has 1 spiro atoms. The maximum Gasteiger partial charge on any atom is 0.305 e. The molecule has 0 radical (unpaired) electrons. The van der Waals surface area contributed by atoms with Gasteiger partial charge in [0.2, 0.25) is 5.91 Å². The van der Waals surface area contributed by atoms with Crippen LogP contribution in [0.4, 0.5) is 8.78 Å². The van der Waals surface area contributed by atoms with E-state index in [-0.39, 0.29) is 29.0 Å². The highest BCUT2D eigenvalue weighted by Crippen LogP contribution is 2.47. The number of carbonyl (C=O) groups excluding carboxylic acids is 2. The molecule has 1 saturated heterocycles. The zero-order valence-corrected chi connectivity index (χ0v) is 30.3. The summed E-state index contributed by atoms with van der Waals surface area (Å²) in [5.41, 5.74) is 2.60. The van der Waals surface area contributed by atoms with E-state index in [9.17, 15) is 28.7 Å². The van der Waals surface area contributed by atoms with E-state index in [0.29, 0.717) is 34.2 Å². The average molecular weight is 705 g/mol. The van der Waals surface area contributed by atoms with Crippen LogP contribution in [0.25, 0.3) is 11.1 Å². The number of aliphatic carboxylic acids is 1. The monoisotopic (exact) mass is 704 g/mol. The van der Waals surface area contributed by atoms with E-state index >= 15 is 4.39 Å². The Balaban J connectivity index is 1.33. The Morgan fingerprint density at radius 1 is 0.961 bits per heavy atom. The number of nitrogens with zero attached hydrogens (tertiary/aromatic N) is 2. The van der Waals surface area contributed by atoms with Crippen molar-refractivity contribution in [1.82, 2.24) is 20.1 Å². The van der Waals surface area contributed by atoms with Gasteiger partial charge in [0.1, 0.15) is 23.2 Å². The standard InChI is InChI=1S/C40H50F2N4O5/c1-24(2)17-33(44-37(49)30-9-6-14-46(39(30)51)15-8-13-45-16-12-40(23-45)10-7-11-40)38(50)43-32(22-34(47)48)31-21-28(18-27(5)36(31)42)35-25(3)19-29(41)20-26(35)4/h6,9,14,18-21,24,32-33H,7-8,10-13,15-17,22-23H2,1-5H3,(H,43,50)(H,44,49)(H,47,48)/t32-,33-/m0/s1. The largest absolute Gasteiger partial charge is 0.481 e. The van der Waals surface area contributed by atoms with Crippen molar-refractivity contribution in [3.63, 3.8) is 0 Å². The lowest BCUT2D eigenvalue weighted by atomic mass is 9.68. The van der Waals surface area contributed by atoms with Gasteiger partial charge in [-0.1, -0.05) is 20.3 Å². The molecule has 2 aromatic carbocycles. The first-order chi connectivity index (χ1) is 24.2. The number of carboxylic acids is 1. The van der Waals surface area contributed by atoms with Gasteiger partial charge in [-0.05, 0) is 142 Å². The molecule has 51 heavy (non-hydrogen) atoms. The van der Waals surface area contributed by atoms with Crippen molar-refractivity contribution in [2.45, 2.75) is 98.2 Å². The average Bonchev–Trinajstić information content (AvgIpc) is 3.47. The maximum atomic E-state index is 15.8. The fourth-order valence-corrected chi connectivity index (χ4v) is 7.84. The molecule has 1 aromatic heterocycles. The van der Waals surface area contributed by atoms with Crippen LogP contribution in [0, 0.1) is 43.7 Å². The van der Waals surface area contributed by atoms with Gasteiger partial charge in [0.05, 0.1) is 12.5 Å². The molecule has 11 heteroatoms. The summed E-state index contributed by atoms with van der Waals surface area (Å²) in [6, 6.07) is 6.48. The van der Waals surface area contributed by atoms with Crippen molar-refractivity contribution in [2.75, 3.05) is 19.6 Å². The highest BCUT2D eigenvalue weighted by Gasteiger charge is 2.42. The Morgan fingerprint density at radius 2 is 1.67 bits per heavy atom. The smallest absolute Gasteiger partial charge is 0.305 e.